The highest BCUT2D eigenvalue weighted by molar-refractivity contribution is 9.10. The molecule has 1 heterocycles. The fraction of sp³-hybridized carbons (Fsp3) is 0. The molecular formula is C11H6BrN3OS. The highest BCUT2D eigenvalue weighted by Crippen LogP contribution is 2.21. The Morgan fingerprint density at radius 3 is 3.00 bits per heavy atom. The lowest BCUT2D eigenvalue weighted by molar-refractivity contribution is 0.102. The van der Waals surface area contributed by atoms with Crippen LogP contribution in [0.1, 0.15) is 16.1 Å². The smallest absolute Gasteiger partial charge is 0.275 e. The summed E-state index contributed by atoms with van der Waals surface area (Å²) in [7, 11) is 0. The summed E-state index contributed by atoms with van der Waals surface area (Å²) in [6.07, 6.45) is 0. The number of aromatic nitrogens is 1. The maximum absolute atomic E-state index is 11.8. The molecule has 0 bridgehead atoms. The highest BCUT2D eigenvalue weighted by Gasteiger charge is 2.10. The zero-order chi connectivity index (χ0) is 12.3. The number of thiazole rings is 1. The van der Waals surface area contributed by atoms with Crippen molar-refractivity contribution in [3.63, 3.8) is 0 Å². The summed E-state index contributed by atoms with van der Waals surface area (Å²) in [5.41, 5.74) is 2.82. The van der Waals surface area contributed by atoms with E-state index in [-0.39, 0.29) is 5.91 Å². The molecule has 1 aromatic carbocycles. The van der Waals surface area contributed by atoms with Gasteiger partial charge in [0.25, 0.3) is 5.91 Å². The zero-order valence-electron chi connectivity index (χ0n) is 8.48. The molecule has 1 aromatic heterocycles. The third-order valence-electron chi connectivity index (χ3n) is 2.02. The maximum atomic E-state index is 11.8. The topological polar surface area (TPSA) is 65.8 Å². The van der Waals surface area contributed by atoms with Crippen LogP contribution in [0, 0.1) is 11.3 Å². The molecule has 4 nitrogen and oxygen atoms in total. The molecule has 0 atom stereocenters. The minimum absolute atomic E-state index is 0.319. The van der Waals surface area contributed by atoms with Crippen molar-refractivity contribution in [3.8, 4) is 6.07 Å². The number of nitrogens with one attached hydrogen (secondary N) is 1. The molecule has 1 N–H and O–H groups in total. The van der Waals surface area contributed by atoms with Crippen LogP contribution in [0.3, 0.4) is 0 Å². The first-order valence-corrected chi connectivity index (χ1v) is 6.33. The van der Waals surface area contributed by atoms with Gasteiger partial charge in [0.1, 0.15) is 11.8 Å². The fourth-order valence-corrected chi connectivity index (χ4v) is 2.12. The highest BCUT2D eigenvalue weighted by atomic mass is 79.9. The number of nitrogens with zero attached hydrogens (tertiary/aromatic N) is 2. The summed E-state index contributed by atoms with van der Waals surface area (Å²) in [5, 5.41) is 13.2. The number of amides is 1. The van der Waals surface area contributed by atoms with Crippen LogP contribution in [0.15, 0.2) is 33.6 Å². The molecular weight excluding hydrogens is 302 g/mol. The minimum Gasteiger partial charge on any atom is -0.319 e. The predicted molar refractivity (Wildman–Crippen MR) is 68.9 cm³/mol. The zero-order valence-corrected chi connectivity index (χ0v) is 10.9. The normalized spacial score (nSPS) is 9.65. The van der Waals surface area contributed by atoms with Crippen molar-refractivity contribution in [2.75, 3.05) is 5.32 Å². The molecule has 84 valence electrons. The first-order chi connectivity index (χ1) is 8.20. The molecule has 0 saturated heterocycles. The third-order valence-corrected chi connectivity index (χ3v) is 3.09. The van der Waals surface area contributed by atoms with Crippen LogP contribution in [-0.4, -0.2) is 10.9 Å². The van der Waals surface area contributed by atoms with E-state index in [1.807, 2.05) is 6.07 Å². The second-order valence-electron chi connectivity index (χ2n) is 3.13. The Morgan fingerprint density at radius 2 is 2.35 bits per heavy atom. The lowest BCUT2D eigenvalue weighted by Crippen LogP contribution is -2.13. The quantitative estimate of drug-likeness (QED) is 0.927. The van der Waals surface area contributed by atoms with Crippen molar-refractivity contribution in [1.29, 1.82) is 5.26 Å². The Kier molecular flexibility index (Phi) is 3.52. The van der Waals surface area contributed by atoms with E-state index in [1.165, 1.54) is 11.3 Å². The molecule has 6 heteroatoms. The van der Waals surface area contributed by atoms with Crippen LogP contribution >= 0.6 is 27.3 Å². The average molecular weight is 308 g/mol. The first kappa shape index (κ1) is 11.8. The fourth-order valence-electron chi connectivity index (χ4n) is 1.23. The Labute approximate surface area is 110 Å². The van der Waals surface area contributed by atoms with Gasteiger partial charge in [0.2, 0.25) is 0 Å². The van der Waals surface area contributed by atoms with E-state index in [9.17, 15) is 4.79 Å². The van der Waals surface area contributed by atoms with Crippen LogP contribution < -0.4 is 5.32 Å². The van der Waals surface area contributed by atoms with Gasteiger partial charge in [0, 0.05) is 9.85 Å². The van der Waals surface area contributed by atoms with E-state index in [4.69, 9.17) is 5.26 Å². The molecule has 17 heavy (non-hydrogen) atoms. The van der Waals surface area contributed by atoms with Crippen LogP contribution in [-0.2, 0) is 0 Å². The van der Waals surface area contributed by atoms with E-state index in [1.54, 1.807) is 29.1 Å². The van der Waals surface area contributed by atoms with E-state index >= 15 is 0 Å². The molecule has 0 saturated carbocycles. The van der Waals surface area contributed by atoms with Crippen LogP contribution in [0.25, 0.3) is 0 Å². The molecule has 0 spiro atoms. The van der Waals surface area contributed by atoms with Gasteiger partial charge in [-0.25, -0.2) is 4.98 Å². The largest absolute Gasteiger partial charge is 0.319 e. The van der Waals surface area contributed by atoms with Gasteiger partial charge in [0.15, 0.2) is 0 Å². The van der Waals surface area contributed by atoms with Crippen molar-refractivity contribution in [2.24, 2.45) is 0 Å². The van der Waals surface area contributed by atoms with Gasteiger partial charge < -0.3 is 5.32 Å². The van der Waals surface area contributed by atoms with Gasteiger partial charge in [-0.05, 0) is 18.2 Å². The van der Waals surface area contributed by atoms with Gasteiger partial charge in [-0.15, -0.1) is 11.3 Å². The Hall–Kier alpha value is -1.71. The monoisotopic (exact) mass is 307 g/mol. The van der Waals surface area contributed by atoms with Gasteiger partial charge >= 0.3 is 0 Å². The van der Waals surface area contributed by atoms with Crippen molar-refractivity contribution in [2.45, 2.75) is 0 Å². The van der Waals surface area contributed by atoms with Gasteiger partial charge in [-0.2, -0.15) is 5.26 Å². The summed E-state index contributed by atoms with van der Waals surface area (Å²) in [4.78, 5) is 15.7. The Bertz CT molecular complexity index is 589. The van der Waals surface area contributed by atoms with Gasteiger partial charge in [-0.1, -0.05) is 15.9 Å². The number of nitriles is 1. The minimum atomic E-state index is -0.319. The predicted octanol–water partition coefficient (Wildman–Crippen LogP) is 3.03. The Balaban J connectivity index is 2.27. The van der Waals surface area contributed by atoms with E-state index in [0.29, 0.717) is 16.9 Å². The van der Waals surface area contributed by atoms with Crippen LogP contribution in [0.5, 0.6) is 0 Å². The summed E-state index contributed by atoms with van der Waals surface area (Å²) in [6, 6.07) is 7.09. The maximum Gasteiger partial charge on any atom is 0.275 e. The summed E-state index contributed by atoms with van der Waals surface area (Å²) in [5.74, 6) is -0.319. The summed E-state index contributed by atoms with van der Waals surface area (Å²) < 4.78 is 0.796. The lowest BCUT2D eigenvalue weighted by Gasteiger charge is -2.05. The van der Waals surface area contributed by atoms with Crippen LogP contribution in [0.2, 0.25) is 0 Å². The number of hydrogen-bond donors (Lipinski definition) is 1. The van der Waals surface area contributed by atoms with Crippen LogP contribution in [0.4, 0.5) is 5.69 Å². The third kappa shape index (κ3) is 2.70. The van der Waals surface area contributed by atoms with Gasteiger partial charge in [0.05, 0.1) is 16.8 Å². The van der Waals surface area contributed by atoms with Crippen molar-refractivity contribution in [3.05, 3.63) is 44.8 Å². The molecule has 0 aliphatic heterocycles. The molecule has 2 rings (SSSR count). The molecule has 0 radical (unpaired) electrons. The number of hydrogen-bond acceptors (Lipinski definition) is 4. The van der Waals surface area contributed by atoms with E-state index in [0.717, 1.165) is 4.47 Å². The lowest BCUT2D eigenvalue weighted by atomic mass is 10.2. The number of carbonyl (C=O) groups is 1. The second-order valence-corrected chi connectivity index (χ2v) is 4.76. The first-order valence-electron chi connectivity index (χ1n) is 4.60. The molecule has 0 fully saturated rings. The van der Waals surface area contributed by atoms with Gasteiger partial charge in [-0.3, -0.25) is 4.79 Å². The van der Waals surface area contributed by atoms with Crippen molar-refractivity contribution >= 4 is 38.9 Å². The SMILES string of the molecule is N#Cc1ccc(Br)cc1NC(=O)c1cscn1. The molecule has 1 amide bonds. The number of rotatable bonds is 2. The number of benzene rings is 1. The summed E-state index contributed by atoms with van der Waals surface area (Å²) in [6.45, 7) is 0. The average Bonchev–Trinajstić information content (AvgIpc) is 2.83. The molecule has 0 aliphatic rings. The van der Waals surface area contributed by atoms with Crippen molar-refractivity contribution < 1.29 is 4.79 Å². The molecule has 0 unspecified atom stereocenters. The van der Waals surface area contributed by atoms with E-state index in [2.05, 4.69) is 26.2 Å². The van der Waals surface area contributed by atoms with E-state index < -0.39 is 0 Å². The standard InChI is InChI=1S/C11H6BrN3OS/c12-8-2-1-7(4-13)9(3-8)15-11(16)10-5-17-6-14-10/h1-3,5-6H,(H,15,16). The Morgan fingerprint density at radius 1 is 1.53 bits per heavy atom. The number of anilines is 1. The molecule has 0 aliphatic carbocycles. The second kappa shape index (κ2) is 5.08. The number of halogens is 1. The van der Waals surface area contributed by atoms with Crippen molar-refractivity contribution in [1.82, 2.24) is 4.98 Å². The summed E-state index contributed by atoms with van der Waals surface area (Å²) >= 11 is 4.64. The molecule has 2 aromatic rings. The number of carbonyl (C=O) groups excluding carboxylic acids is 1.